The van der Waals surface area contributed by atoms with E-state index in [2.05, 4.69) is 37.8 Å². The normalized spacial score (nSPS) is 12.8. The molecule has 0 nitrogen and oxygen atoms in total. The van der Waals surface area contributed by atoms with Crippen molar-refractivity contribution < 1.29 is 0 Å². The molecule has 0 aromatic heterocycles. The van der Waals surface area contributed by atoms with Crippen LogP contribution in [0.4, 0.5) is 0 Å². The van der Waals surface area contributed by atoms with Gasteiger partial charge in [-0.05, 0) is 12.8 Å². The van der Waals surface area contributed by atoms with Crippen LogP contribution in [-0.4, -0.2) is 0 Å². The largest absolute Gasteiger partial charge is 0.0991 e. The van der Waals surface area contributed by atoms with Crippen LogP contribution in [0.25, 0.3) is 0 Å². The van der Waals surface area contributed by atoms with Crippen LogP contribution >= 0.6 is 0 Å². The van der Waals surface area contributed by atoms with Crippen LogP contribution in [0, 0.1) is 0 Å². The Morgan fingerprint density at radius 2 is 1.00 bits per heavy atom. The highest BCUT2D eigenvalue weighted by Gasteiger charge is 1.89. The molecule has 0 N–H and O–H groups in total. The lowest BCUT2D eigenvalue weighted by Gasteiger charge is -1.99. The summed E-state index contributed by atoms with van der Waals surface area (Å²) in [6.45, 7) is 5.89. The number of rotatable bonds is 14. The van der Waals surface area contributed by atoms with E-state index in [0.717, 1.165) is 0 Å². The molecule has 0 radical (unpaired) electrons. The third-order valence-electron chi connectivity index (χ3n) is 3.39. The summed E-state index contributed by atoms with van der Waals surface area (Å²) in [6, 6.07) is 0. The number of unbranched alkanes of at least 4 members (excludes halogenated alkanes) is 8. The minimum absolute atomic E-state index is 1.20. The highest BCUT2D eigenvalue weighted by Crippen LogP contribution is 2.09. The lowest BCUT2D eigenvalue weighted by molar-refractivity contribution is 0.577. The Bertz CT molecular complexity index is 363. The highest BCUT2D eigenvalue weighted by atomic mass is 14.0. The van der Waals surface area contributed by atoms with Crippen molar-refractivity contribution >= 4 is 0 Å². The van der Waals surface area contributed by atoms with E-state index in [1.807, 2.05) is 36.5 Å². The van der Waals surface area contributed by atoms with Gasteiger partial charge >= 0.3 is 0 Å². The predicted octanol–water partition coefficient (Wildman–Crippen LogP) is 7.48. The van der Waals surface area contributed by atoms with E-state index in [1.54, 1.807) is 6.08 Å². The summed E-state index contributed by atoms with van der Waals surface area (Å²) in [4.78, 5) is 0. The first kappa shape index (κ1) is 20.4. The molecule has 0 heterocycles. The summed E-state index contributed by atoms with van der Waals surface area (Å²) >= 11 is 0. The van der Waals surface area contributed by atoms with E-state index >= 15 is 0 Å². The quantitative estimate of drug-likeness (QED) is 0.230. The molecule has 0 aromatic carbocycles. The zero-order chi connectivity index (χ0) is 16.1. The molecule has 0 rings (SSSR count). The van der Waals surface area contributed by atoms with Gasteiger partial charge in [-0.15, -0.1) is 0 Å². The molecule has 0 spiro atoms. The fourth-order valence-corrected chi connectivity index (χ4v) is 2.10. The van der Waals surface area contributed by atoms with Crippen LogP contribution in [0.3, 0.4) is 0 Å². The Balaban J connectivity index is 3.41. The first-order valence-electron chi connectivity index (χ1n) is 8.86. The molecular weight excluding hydrogens is 264 g/mol. The molecule has 0 bridgehead atoms. The maximum atomic E-state index is 3.62. The first-order chi connectivity index (χ1) is 10.9. The lowest BCUT2D eigenvalue weighted by Crippen LogP contribution is -1.79. The Hall–Kier alpha value is -1.56. The van der Waals surface area contributed by atoms with Gasteiger partial charge in [0, 0.05) is 0 Å². The van der Waals surface area contributed by atoms with Crippen molar-refractivity contribution in [3.8, 4) is 0 Å². The molecule has 0 aliphatic rings. The molecule has 22 heavy (non-hydrogen) atoms. The average molecular weight is 299 g/mol. The minimum atomic E-state index is 1.20. The van der Waals surface area contributed by atoms with Gasteiger partial charge in [0.25, 0.3) is 0 Å². The molecule has 122 valence electrons. The fraction of sp³-hybridized carbons (Fsp3) is 0.455. The maximum Gasteiger partial charge on any atom is -0.0348 e. The average Bonchev–Trinajstić information content (AvgIpc) is 2.54. The van der Waals surface area contributed by atoms with Crippen molar-refractivity contribution in [1.29, 1.82) is 0 Å². The zero-order valence-corrected chi connectivity index (χ0v) is 14.4. The smallest absolute Gasteiger partial charge is 0.0348 e. The van der Waals surface area contributed by atoms with Crippen LogP contribution in [0.15, 0.2) is 73.4 Å². The molecule has 0 aliphatic carbocycles. The third kappa shape index (κ3) is 18.4. The first-order valence-corrected chi connectivity index (χ1v) is 8.86. The van der Waals surface area contributed by atoms with E-state index < -0.39 is 0 Å². The second-order valence-corrected chi connectivity index (χ2v) is 5.47. The zero-order valence-electron chi connectivity index (χ0n) is 14.4. The summed E-state index contributed by atoms with van der Waals surface area (Å²) < 4.78 is 0. The molecule has 0 heteroatoms. The Kier molecular flexibility index (Phi) is 18.1. The van der Waals surface area contributed by atoms with Gasteiger partial charge in [-0.3, -0.25) is 0 Å². The molecule has 0 saturated heterocycles. The van der Waals surface area contributed by atoms with E-state index in [4.69, 9.17) is 0 Å². The Morgan fingerprint density at radius 3 is 1.55 bits per heavy atom. The molecular formula is C22H34. The fourth-order valence-electron chi connectivity index (χ4n) is 2.10. The van der Waals surface area contributed by atoms with Crippen molar-refractivity contribution in [2.24, 2.45) is 0 Å². The molecule has 0 fully saturated rings. The van der Waals surface area contributed by atoms with Gasteiger partial charge in [-0.2, -0.15) is 0 Å². The highest BCUT2D eigenvalue weighted by molar-refractivity contribution is 5.18. The number of hydrogen-bond acceptors (Lipinski definition) is 0. The van der Waals surface area contributed by atoms with Crippen LogP contribution < -0.4 is 0 Å². The van der Waals surface area contributed by atoms with Gasteiger partial charge in [-0.25, -0.2) is 0 Å². The number of hydrogen-bond donors (Lipinski definition) is 0. The Labute approximate surface area is 138 Å². The van der Waals surface area contributed by atoms with E-state index in [9.17, 15) is 0 Å². The number of allylic oxidation sites excluding steroid dienone is 11. The predicted molar refractivity (Wildman–Crippen MR) is 103 cm³/mol. The van der Waals surface area contributed by atoms with Gasteiger partial charge in [0.1, 0.15) is 0 Å². The molecule has 0 aromatic rings. The van der Waals surface area contributed by atoms with Crippen molar-refractivity contribution in [3.63, 3.8) is 0 Å². The van der Waals surface area contributed by atoms with Gasteiger partial charge in [0.05, 0.1) is 0 Å². The second kappa shape index (κ2) is 19.4. The topological polar surface area (TPSA) is 0 Å². The SMILES string of the molecule is C=C\C=C/C=C/C=C\C=C/C=C/CCCCCCCCCC. The maximum absolute atomic E-state index is 3.62. The van der Waals surface area contributed by atoms with E-state index in [1.165, 1.54) is 57.8 Å². The van der Waals surface area contributed by atoms with Gasteiger partial charge < -0.3 is 0 Å². The van der Waals surface area contributed by atoms with Crippen molar-refractivity contribution in [1.82, 2.24) is 0 Å². The van der Waals surface area contributed by atoms with Crippen LogP contribution in [-0.2, 0) is 0 Å². The van der Waals surface area contributed by atoms with Gasteiger partial charge in [0.2, 0.25) is 0 Å². The lowest BCUT2D eigenvalue weighted by atomic mass is 10.1. The second-order valence-electron chi connectivity index (χ2n) is 5.47. The van der Waals surface area contributed by atoms with Crippen LogP contribution in [0.1, 0.15) is 64.7 Å². The van der Waals surface area contributed by atoms with Crippen molar-refractivity contribution in [2.75, 3.05) is 0 Å². The monoisotopic (exact) mass is 298 g/mol. The summed E-state index contributed by atoms with van der Waals surface area (Å²) in [5, 5.41) is 0. The van der Waals surface area contributed by atoms with E-state index in [-0.39, 0.29) is 0 Å². The molecule has 0 aliphatic heterocycles. The summed E-state index contributed by atoms with van der Waals surface area (Å²) in [5.74, 6) is 0. The van der Waals surface area contributed by atoms with Gasteiger partial charge in [-0.1, -0.05) is 125 Å². The molecule has 0 saturated carbocycles. The van der Waals surface area contributed by atoms with Crippen molar-refractivity contribution in [3.05, 3.63) is 73.4 Å². The molecule has 0 atom stereocenters. The summed E-state index contributed by atoms with van der Waals surface area (Å²) in [7, 11) is 0. The van der Waals surface area contributed by atoms with Crippen molar-refractivity contribution in [2.45, 2.75) is 64.7 Å². The Morgan fingerprint density at radius 1 is 0.545 bits per heavy atom. The van der Waals surface area contributed by atoms with Gasteiger partial charge in [0.15, 0.2) is 0 Å². The van der Waals surface area contributed by atoms with Crippen LogP contribution in [0.2, 0.25) is 0 Å². The minimum Gasteiger partial charge on any atom is -0.0991 e. The molecule has 0 amide bonds. The summed E-state index contributed by atoms with van der Waals surface area (Å²) in [6.07, 6.45) is 34.6. The summed E-state index contributed by atoms with van der Waals surface area (Å²) in [5.41, 5.74) is 0. The third-order valence-corrected chi connectivity index (χ3v) is 3.39. The van der Waals surface area contributed by atoms with Crippen LogP contribution in [0.5, 0.6) is 0 Å². The standard InChI is InChI=1S/C22H34/c1-3-5-7-9-11-13-15-17-19-21-22-20-18-16-14-12-10-8-6-4-2/h3,5,7,9,11,13,15,17,19,21-22H,1,4,6,8,10,12,14,16,18,20H2,2H3/b7-5-,11-9+,15-13-,19-17-,22-21+. The molecule has 0 unspecified atom stereocenters. The van der Waals surface area contributed by atoms with E-state index in [0.29, 0.717) is 0 Å².